The molecule has 0 aliphatic rings. The summed E-state index contributed by atoms with van der Waals surface area (Å²) in [6.07, 6.45) is 1.64. The first kappa shape index (κ1) is 17.6. The highest BCUT2D eigenvalue weighted by atomic mass is 16.5. The highest BCUT2D eigenvalue weighted by Gasteiger charge is 2.13. The van der Waals surface area contributed by atoms with Gasteiger partial charge in [0.25, 0.3) is 5.91 Å². The Morgan fingerprint density at radius 1 is 1.12 bits per heavy atom. The lowest BCUT2D eigenvalue weighted by Crippen LogP contribution is -2.23. The monoisotopic (exact) mass is 329 g/mol. The van der Waals surface area contributed by atoms with Crippen LogP contribution < -0.4 is 19.7 Å². The van der Waals surface area contributed by atoms with Crippen LogP contribution in [-0.4, -0.2) is 38.2 Å². The summed E-state index contributed by atoms with van der Waals surface area (Å²) in [5.41, 5.74) is 1.86. The van der Waals surface area contributed by atoms with Crippen molar-refractivity contribution in [1.82, 2.24) is 4.98 Å². The standard InChI is InChI=1S/C18H23N3O3/c1-5-21(6-2)13-9-10-19-16(11-13)18(22)20-15-12-14(23-3)7-8-17(15)24-4/h7-12H,5-6H2,1-4H3,(H,20,22). The molecular weight excluding hydrogens is 306 g/mol. The number of anilines is 2. The molecule has 1 N–H and O–H groups in total. The zero-order valence-electron chi connectivity index (χ0n) is 14.5. The molecule has 0 saturated carbocycles. The molecule has 2 rings (SSSR count). The van der Waals surface area contributed by atoms with Crippen molar-refractivity contribution in [2.45, 2.75) is 13.8 Å². The molecule has 1 aromatic carbocycles. The van der Waals surface area contributed by atoms with Crippen LogP contribution in [0.5, 0.6) is 11.5 Å². The van der Waals surface area contributed by atoms with Crippen LogP contribution >= 0.6 is 0 Å². The maximum absolute atomic E-state index is 12.5. The van der Waals surface area contributed by atoms with Gasteiger partial charge in [-0.2, -0.15) is 0 Å². The second-order valence-corrected chi connectivity index (χ2v) is 5.09. The van der Waals surface area contributed by atoms with Crippen molar-refractivity contribution in [3.8, 4) is 11.5 Å². The molecule has 0 aliphatic heterocycles. The number of methoxy groups -OCH3 is 2. The van der Waals surface area contributed by atoms with Gasteiger partial charge in [-0.25, -0.2) is 0 Å². The number of pyridine rings is 1. The first-order valence-electron chi connectivity index (χ1n) is 7.87. The third-order valence-corrected chi connectivity index (χ3v) is 3.76. The first-order chi connectivity index (χ1) is 11.6. The van der Waals surface area contributed by atoms with Gasteiger partial charge in [0, 0.05) is 31.0 Å². The number of benzene rings is 1. The highest BCUT2D eigenvalue weighted by Crippen LogP contribution is 2.29. The van der Waals surface area contributed by atoms with Crippen molar-refractivity contribution in [1.29, 1.82) is 0 Å². The topological polar surface area (TPSA) is 63.7 Å². The number of carbonyl (C=O) groups excluding carboxylic acids is 1. The van der Waals surface area contributed by atoms with Crippen LogP contribution in [0, 0.1) is 0 Å². The van der Waals surface area contributed by atoms with Crippen molar-refractivity contribution < 1.29 is 14.3 Å². The predicted molar refractivity (Wildman–Crippen MR) is 95.3 cm³/mol. The van der Waals surface area contributed by atoms with Crippen molar-refractivity contribution in [2.24, 2.45) is 0 Å². The fourth-order valence-corrected chi connectivity index (χ4v) is 2.43. The second-order valence-electron chi connectivity index (χ2n) is 5.09. The average molecular weight is 329 g/mol. The van der Waals surface area contributed by atoms with E-state index in [1.165, 1.54) is 0 Å². The number of ether oxygens (including phenoxy) is 2. The lowest BCUT2D eigenvalue weighted by molar-refractivity contribution is 0.102. The van der Waals surface area contributed by atoms with E-state index in [2.05, 4.69) is 29.0 Å². The number of carbonyl (C=O) groups is 1. The van der Waals surface area contributed by atoms with Gasteiger partial charge in [0.1, 0.15) is 17.2 Å². The smallest absolute Gasteiger partial charge is 0.274 e. The summed E-state index contributed by atoms with van der Waals surface area (Å²) in [5.74, 6) is 0.899. The summed E-state index contributed by atoms with van der Waals surface area (Å²) in [6.45, 7) is 5.88. The van der Waals surface area contributed by atoms with Gasteiger partial charge in [-0.3, -0.25) is 9.78 Å². The molecular formula is C18H23N3O3. The minimum absolute atomic E-state index is 0.296. The number of rotatable bonds is 7. The Morgan fingerprint density at radius 3 is 2.50 bits per heavy atom. The summed E-state index contributed by atoms with van der Waals surface area (Å²) >= 11 is 0. The van der Waals surface area contributed by atoms with E-state index in [-0.39, 0.29) is 5.91 Å². The molecule has 6 heteroatoms. The lowest BCUT2D eigenvalue weighted by Gasteiger charge is -2.21. The molecule has 6 nitrogen and oxygen atoms in total. The third-order valence-electron chi connectivity index (χ3n) is 3.76. The summed E-state index contributed by atoms with van der Waals surface area (Å²) in [5, 5.41) is 2.83. The van der Waals surface area contributed by atoms with Gasteiger partial charge in [0.15, 0.2) is 0 Å². The van der Waals surface area contributed by atoms with Crippen molar-refractivity contribution >= 4 is 17.3 Å². The molecule has 0 saturated heterocycles. The Balaban J connectivity index is 2.25. The van der Waals surface area contributed by atoms with Crippen LogP contribution in [0.2, 0.25) is 0 Å². The Kier molecular flexibility index (Phi) is 6.01. The SMILES string of the molecule is CCN(CC)c1ccnc(C(=O)Nc2cc(OC)ccc2OC)c1. The molecule has 1 amide bonds. The molecule has 0 radical (unpaired) electrons. The van der Waals surface area contributed by atoms with Crippen molar-refractivity contribution in [3.05, 3.63) is 42.2 Å². The number of aromatic nitrogens is 1. The molecule has 0 fully saturated rings. The van der Waals surface area contributed by atoms with Crippen molar-refractivity contribution in [2.75, 3.05) is 37.5 Å². The molecule has 0 atom stereocenters. The Bertz CT molecular complexity index is 700. The summed E-state index contributed by atoms with van der Waals surface area (Å²) in [7, 11) is 3.12. The zero-order valence-corrected chi connectivity index (χ0v) is 14.5. The summed E-state index contributed by atoms with van der Waals surface area (Å²) < 4.78 is 10.5. The quantitative estimate of drug-likeness (QED) is 0.845. The van der Waals surface area contributed by atoms with Crippen LogP contribution in [0.15, 0.2) is 36.5 Å². The molecule has 0 aliphatic carbocycles. The summed E-state index contributed by atoms with van der Waals surface area (Å²) in [4.78, 5) is 18.9. The van der Waals surface area contributed by atoms with Crippen LogP contribution in [-0.2, 0) is 0 Å². The van der Waals surface area contributed by atoms with E-state index in [1.807, 2.05) is 6.07 Å². The Morgan fingerprint density at radius 2 is 1.88 bits per heavy atom. The Hall–Kier alpha value is -2.76. The van der Waals surface area contributed by atoms with Gasteiger partial charge in [-0.15, -0.1) is 0 Å². The molecule has 128 valence electrons. The van der Waals surface area contributed by atoms with Crippen LogP contribution in [0.25, 0.3) is 0 Å². The van der Waals surface area contributed by atoms with Gasteiger partial charge < -0.3 is 19.7 Å². The van der Waals surface area contributed by atoms with E-state index in [1.54, 1.807) is 44.7 Å². The van der Waals surface area contributed by atoms with E-state index >= 15 is 0 Å². The van der Waals surface area contributed by atoms with Gasteiger partial charge in [-0.05, 0) is 38.1 Å². The molecule has 0 bridgehead atoms. The third kappa shape index (κ3) is 3.95. The van der Waals surface area contributed by atoms with Gasteiger partial charge in [0.05, 0.1) is 19.9 Å². The largest absolute Gasteiger partial charge is 0.497 e. The van der Waals surface area contributed by atoms with Gasteiger partial charge >= 0.3 is 0 Å². The molecule has 1 heterocycles. The fourth-order valence-electron chi connectivity index (χ4n) is 2.43. The minimum Gasteiger partial charge on any atom is -0.497 e. The lowest BCUT2D eigenvalue weighted by atomic mass is 10.2. The second kappa shape index (κ2) is 8.19. The average Bonchev–Trinajstić information content (AvgIpc) is 2.63. The fraction of sp³-hybridized carbons (Fsp3) is 0.333. The Labute approximate surface area is 142 Å². The molecule has 0 unspecified atom stereocenters. The van der Waals surface area contributed by atoms with Gasteiger partial charge in [-0.1, -0.05) is 0 Å². The minimum atomic E-state index is -0.296. The van der Waals surface area contributed by atoms with Crippen LogP contribution in [0.1, 0.15) is 24.3 Å². The normalized spacial score (nSPS) is 10.2. The number of hydrogen-bond donors (Lipinski definition) is 1. The van der Waals surface area contributed by atoms with E-state index in [0.29, 0.717) is 22.9 Å². The maximum Gasteiger partial charge on any atom is 0.274 e. The number of nitrogens with zero attached hydrogens (tertiary/aromatic N) is 2. The highest BCUT2D eigenvalue weighted by molar-refractivity contribution is 6.04. The van der Waals surface area contributed by atoms with Gasteiger partial charge in [0.2, 0.25) is 0 Å². The van der Waals surface area contributed by atoms with Crippen LogP contribution in [0.3, 0.4) is 0 Å². The van der Waals surface area contributed by atoms with E-state index in [4.69, 9.17) is 9.47 Å². The van der Waals surface area contributed by atoms with E-state index in [9.17, 15) is 4.79 Å². The molecule has 24 heavy (non-hydrogen) atoms. The molecule has 1 aromatic heterocycles. The number of amides is 1. The zero-order chi connectivity index (χ0) is 17.5. The van der Waals surface area contributed by atoms with E-state index in [0.717, 1.165) is 18.8 Å². The van der Waals surface area contributed by atoms with Crippen LogP contribution in [0.4, 0.5) is 11.4 Å². The molecule has 0 spiro atoms. The number of nitrogens with one attached hydrogen (secondary N) is 1. The van der Waals surface area contributed by atoms with Crippen molar-refractivity contribution in [3.63, 3.8) is 0 Å². The van der Waals surface area contributed by atoms with E-state index < -0.39 is 0 Å². The predicted octanol–water partition coefficient (Wildman–Crippen LogP) is 3.20. The maximum atomic E-state index is 12.5. The first-order valence-corrected chi connectivity index (χ1v) is 7.87. The summed E-state index contributed by atoms with van der Waals surface area (Å²) in [6, 6.07) is 8.91. The molecule has 2 aromatic rings. The number of hydrogen-bond acceptors (Lipinski definition) is 5.